The van der Waals surface area contributed by atoms with Crippen LogP contribution in [0.3, 0.4) is 0 Å². The van der Waals surface area contributed by atoms with E-state index in [1.165, 1.54) is 257 Å². The van der Waals surface area contributed by atoms with Crippen LogP contribution in [0.25, 0.3) is 0 Å². The van der Waals surface area contributed by atoms with Crippen molar-refractivity contribution in [3.8, 4) is 0 Å². The van der Waals surface area contributed by atoms with Crippen molar-refractivity contribution in [1.29, 1.82) is 0 Å². The van der Waals surface area contributed by atoms with Crippen molar-refractivity contribution in [3.63, 3.8) is 0 Å². The monoisotopic (exact) mass is 678 g/mol. The van der Waals surface area contributed by atoms with Crippen LogP contribution < -0.4 is 5.32 Å². The lowest BCUT2D eigenvalue weighted by Crippen LogP contribution is -2.23. The van der Waals surface area contributed by atoms with Gasteiger partial charge in [0.15, 0.2) is 0 Å². The second kappa shape index (κ2) is 44.5. The average molecular weight is 678 g/mol. The highest BCUT2D eigenvalue weighted by molar-refractivity contribution is 5.68. The molecule has 0 heterocycles. The lowest BCUT2D eigenvalue weighted by molar-refractivity contribution is -0.135. The Balaban J connectivity index is 3.04. The van der Waals surface area contributed by atoms with Crippen LogP contribution in [0.1, 0.15) is 270 Å². The lowest BCUT2D eigenvalue weighted by Gasteiger charge is -2.05. The van der Waals surface area contributed by atoms with Gasteiger partial charge in [-0.2, -0.15) is 0 Å². The Morgan fingerprint density at radius 2 is 0.479 bits per heavy atom. The largest absolute Gasteiger partial charge is 0.480 e. The van der Waals surface area contributed by atoms with E-state index in [1.807, 2.05) is 0 Å². The van der Waals surface area contributed by atoms with Gasteiger partial charge in [0.05, 0.1) is 6.54 Å². The van der Waals surface area contributed by atoms with Crippen LogP contribution in [-0.4, -0.2) is 24.2 Å². The van der Waals surface area contributed by atoms with Crippen molar-refractivity contribution in [1.82, 2.24) is 5.32 Å². The van der Waals surface area contributed by atoms with Crippen LogP contribution in [0.15, 0.2) is 0 Å². The molecule has 3 heteroatoms. The number of aliphatic carboxylic acids is 1. The fourth-order valence-electron chi connectivity index (χ4n) is 7.41. The van der Waals surface area contributed by atoms with Crippen molar-refractivity contribution in [2.45, 2.75) is 270 Å². The Morgan fingerprint density at radius 3 is 0.646 bits per heavy atom. The molecule has 0 unspecified atom stereocenters. The minimum absolute atomic E-state index is 0.0970. The lowest BCUT2D eigenvalue weighted by atomic mass is 10.0. The molecule has 48 heavy (non-hydrogen) atoms. The number of carboxylic acids is 1. The van der Waals surface area contributed by atoms with E-state index >= 15 is 0 Å². The van der Waals surface area contributed by atoms with Crippen molar-refractivity contribution in [3.05, 3.63) is 0 Å². The summed E-state index contributed by atoms with van der Waals surface area (Å²) >= 11 is 0. The Labute approximate surface area is 303 Å². The zero-order valence-corrected chi connectivity index (χ0v) is 33.3. The molecule has 0 bridgehead atoms. The predicted molar refractivity (Wildman–Crippen MR) is 215 cm³/mol. The first-order valence-electron chi connectivity index (χ1n) is 22.7. The molecule has 0 amide bonds. The number of hydrogen-bond acceptors (Lipinski definition) is 2. The molecule has 0 spiro atoms. The SMILES string of the molecule is CCCCCCCCCCCCCCCCCCCCCCCCCCCCCCCCCCCCCCCCCCCNCC(=O)O. The molecule has 0 fully saturated rings. The molecule has 0 aliphatic heterocycles. The van der Waals surface area contributed by atoms with E-state index in [2.05, 4.69) is 12.2 Å². The van der Waals surface area contributed by atoms with Crippen molar-refractivity contribution >= 4 is 5.97 Å². The van der Waals surface area contributed by atoms with Crippen molar-refractivity contribution in [2.24, 2.45) is 0 Å². The Hall–Kier alpha value is -0.570. The van der Waals surface area contributed by atoms with E-state index in [0.717, 1.165) is 13.0 Å². The molecular formula is C45H91NO2. The minimum Gasteiger partial charge on any atom is -0.480 e. The number of rotatable bonds is 44. The van der Waals surface area contributed by atoms with E-state index in [-0.39, 0.29) is 6.54 Å². The topological polar surface area (TPSA) is 49.3 Å². The molecule has 0 rings (SSSR count). The molecule has 0 saturated carbocycles. The van der Waals surface area contributed by atoms with Gasteiger partial charge in [0.25, 0.3) is 0 Å². The van der Waals surface area contributed by atoms with E-state index in [1.54, 1.807) is 0 Å². The average Bonchev–Trinajstić information content (AvgIpc) is 3.08. The molecule has 0 aromatic rings. The maximum atomic E-state index is 10.4. The number of carbonyl (C=O) groups is 1. The molecule has 0 atom stereocenters. The zero-order chi connectivity index (χ0) is 34.7. The highest BCUT2D eigenvalue weighted by Gasteiger charge is 1.99. The van der Waals surface area contributed by atoms with E-state index in [4.69, 9.17) is 5.11 Å². The van der Waals surface area contributed by atoms with Gasteiger partial charge < -0.3 is 10.4 Å². The third kappa shape index (κ3) is 45.4. The Bertz CT molecular complexity index is 579. The van der Waals surface area contributed by atoms with E-state index in [9.17, 15) is 4.79 Å². The molecule has 0 aromatic carbocycles. The second-order valence-corrected chi connectivity index (χ2v) is 15.7. The minimum atomic E-state index is -0.757. The fraction of sp³-hybridized carbons (Fsp3) is 0.978. The Kier molecular flexibility index (Phi) is 43.9. The number of nitrogens with one attached hydrogen (secondary N) is 1. The van der Waals surface area contributed by atoms with E-state index in [0.29, 0.717) is 0 Å². The zero-order valence-electron chi connectivity index (χ0n) is 33.3. The molecule has 0 radical (unpaired) electrons. The summed E-state index contributed by atoms with van der Waals surface area (Å²) in [5.41, 5.74) is 0. The molecule has 3 nitrogen and oxygen atoms in total. The summed E-state index contributed by atoms with van der Waals surface area (Å²) in [6.45, 7) is 3.24. The standard InChI is InChI=1S/C45H91NO2/c1-2-3-4-5-6-7-8-9-10-11-12-13-14-15-16-17-18-19-20-21-22-23-24-25-26-27-28-29-30-31-32-33-34-35-36-37-38-39-40-41-42-43-46-44-45(47)48/h46H,2-44H2,1H3,(H,47,48). The summed E-state index contributed by atoms with van der Waals surface area (Å²) in [5, 5.41) is 11.6. The van der Waals surface area contributed by atoms with Gasteiger partial charge >= 0.3 is 5.97 Å². The number of unbranched alkanes of at least 4 members (excludes halogenated alkanes) is 40. The summed E-state index contributed by atoms with van der Waals surface area (Å²) in [5.74, 6) is -0.757. The summed E-state index contributed by atoms with van der Waals surface area (Å²) < 4.78 is 0. The van der Waals surface area contributed by atoms with Gasteiger partial charge in [-0.15, -0.1) is 0 Å². The quantitative estimate of drug-likeness (QED) is 0.0631. The van der Waals surface area contributed by atoms with Gasteiger partial charge in [0.2, 0.25) is 0 Å². The molecule has 0 aliphatic rings. The highest BCUT2D eigenvalue weighted by atomic mass is 16.4. The van der Waals surface area contributed by atoms with Gasteiger partial charge in [-0.25, -0.2) is 0 Å². The first kappa shape index (κ1) is 47.4. The van der Waals surface area contributed by atoms with Gasteiger partial charge in [-0.3, -0.25) is 4.79 Å². The molecule has 288 valence electrons. The summed E-state index contributed by atoms with van der Waals surface area (Å²) in [6, 6.07) is 0. The van der Waals surface area contributed by atoms with Crippen molar-refractivity contribution in [2.75, 3.05) is 13.1 Å². The normalized spacial score (nSPS) is 11.5. The fourth-order valence-corrected chi connectivity index (χ4v) is 7.41. The van der Waals surface area contributed by atoms with Crippen LogP contribution in [-0.2, 0) is 4.79 Å². The maximum absolute atomic E-state index is 10.4. The molecule has 0 saturated heterocycles. The maximum Gasteiger partial charge on any atom is 0.317 e. The van der Waals surface area contributed by atoms with Crippen molar-refractivity contribution < 1.29 is 9.90 Å². The molecule has 2 N–H and O–H groups in total. The first-order chi connectivity index (χ1) is 23.8. The predicted octanol–water partition coefficient (Wildman–Crippen LogP) is 15.7. The van der Waals surface area contributed by atoms with Gasteiger partial charge in [0.1, 0.15) is 0 Å². The summed E-state index contributed by atoms with van der Waals surface area (Å²) in [4.78, 5) is 10.4. The summed E-state index contributed by atoms with van der Waals surface area (Å²) in [6.07, 6.45) is 59.2. The van der Waals surface area contributed by atoms with Crippen LogP contribution in [0.5, 0.6) is 0 Å². The second-order valence-electron chi connectivity index (χ2n) is 15.7. The van der Waals surface area contributed by atoms with E-state index < -0.39 is 5.97 Å². The third-order valence-electron chi connectivity index (χ3n) is 10.7. The van der Waals surface area contributed by atoms with Gasteiger partial charge in [-0.05, 0) is 13.0 Å². The van der Waals surface area contributed by atoms with Crippen LogP contribution in [0, 0.1) is 0 Å². The smallest absolute Gasteiger partial charge is 0.317 e. The van der Waals surface area contributed by atoms with Crippen LogP contribution in [0.2, 0.25) is 0 Å². The Morgan fingerprint density at radius 1 is 0.312 bits per heavy atom. The first-order valence-corrected chi connectivity index (χ1v) is 22.7. The summed E-state index contributed by atoms with van der Waals surface area (Å²) in [7, 11) is 0. The third-order valence-corrected chi connectivity index (χ3v) is 10.7. The van der Waals surface area contributed by atoms with Gasteiger partial charge in [-0.1, -0.05) is 264 Å². The van der Waals surface area contributed by atoms with Crippen LogP contribution >= 0.6 is 0 Å². The highest BCUT2D eigenvalue weighted by Crippen LogP contribution is 2.17. The number of hydrogen-bond donors (Lipinski definition) is 2. The van der Waals surface area contributed by atoms with Crippen LogP contribution in [0.4, 0.5) is 0 Å². The molecule has 0 aromatic heterocycles. The molecule has 0 aliphatic carbocycles. The number of carboxylic acid groups (broad SMARTS) is 1. The molecular weight excluding hydrogens is 587 g/mol. The van der Waals surface area contributed by atoms with Gasteiger partial charge in [0, 0.05) is 0 Å².